The molecular formula is C15H14F3NOS2. The van der Waals surface area contributed by atoms with Crippen LogP contribution in [0.1, 0.15) is 16.0 Å². The summed E-state index contributed by atoms with van der Waals surface area (Å²) in [4.78, 5) is 13.3. The minimum atomic E-state index is -4.37. The van der Waals surface area contributed by atoms with Crippen LogP contribution in [0.5, 0.6) is 0 Å². The number of carbonyl (C=O) groups is 1. The van der Waals surface area contributed by atoms with E-state index in [-0.39, 0.29) is 11.7 Å². The highest BCUT2D eigenvalue weighted by Crippen LogP contribution is 2.31. The van der Waals surface area contributed by atoms with Crippen molar-refractivity contribution in [1.82, 2.24) is 5.32 Å². The SMILES string of the molecule is Cc1ccsc1CNC(=O)CSc1cccc(C(F)(F)F)c1. The summed E-state index contributed by atoms with van der Waals surface area (Å²) >= 11 is 2.66. The van der Waals surface area contributed by atoms with Gasteiger partial charge in [-0.25, -0.2) is 0 Å². The predicted octanol–water partition coefficient (Wildman–Crippen LogP) is 4.48. The van der Waals surface area contributed by atoms with Crippen LogP contribution in [0.4, 0.5) is 13.2 Å². The monoisotopic (exact) mass is 345 g/mol. The number of carbonyl (C=O) groups excluding carboxylic acids is 1. The van der Waals surface area contributed by atoms with Crippen molar-refractivity contribution in [2.75, 3.05) is 5.75 Å². The fourth-order valence-corrected chi connectivity index (χ4v) is 3.36. The maximum absolute atomic E-state index is 12.6. The normalized spacial score (nSPS) is 11.5. The fraction of sp³-hybridized carbons (Fsp3) is 0.267. The average Bonchev–Trinajstić information content (AvgIpc) is 2.88. The third-order valence-electron chi connectivity index (χ3n) is 2.95. The number of aryl methyl sites for hydroxylation is 1. The number of benzene rings is 1. The van der Waals surface area contributed by atoms with Gasteiger partial charge in [0.2, 0.25) is 5.91 Å². The molecule has 1 amide bonds. The van der Waals surface area contributed by atoms with Gasteiger partial charge < -0.3 is 5.32 Å². The lowest BCUT2D eigenvalue weighted by atomic mass is 10.2. The Kier molecular flexibility index (Phi) is 5.52. The molecule has 0 aliphatic rings. The summed E-state index contributed by atoms with van der Waals surface area (Å²) in [5.74, 6) is -0.110. The van der Waals surface area contributed by atoms with Crippen LogP contribution < -0.4 is 5.32 Å². The van der Waals surface area contributed by atoms with E-state index in [1.54, 1.807) is 17.4 Å². The van der Waals surface area contributed by atoms with Gasteiger partial charge in [0, 0.05) is 9.77 Å². The summed E-state index contributed by atoms with van der Waals surface area (Å²) in [5, 5.41) is 4.72. The first-order valence-electron chi connectivity index (χ1n) is 6.46. The lowest BCUT2D eigenvalue weighted by molar-refractivity contribution is -0.137. The summed E-state index contributed by atoms with van der Waals surface area (Å²) in [6.45, 7) is 2.42. The summed E-state index contributed by atoms with van der Waals surface area (Å²) in [5.41, 5.74) is 0.419. The van der Waals surface area contributed by atoms with Gasteiger partial charge in [0.1, 0.15) is 0 Å². The number of nitrogens with one attached hydrogen (secondary N) is 1. The van der Waals surface area contributed by atoms with Crippen molar-refractivity contribution >= 4 is 29.0 Å². The largest absolute Gasteiger partial charge is 0.416 e. The molecule has 22 heavy (non-hydrogen) atoms. The van der Waals surface area contributed by atoms with Crippen molar-refractivity contribution in [3.05, 3.63) is 51.7 Å². The van der Waals surface area contributed by atoms with E-state index in [0.29, 0.717) is 11.4 Å². The van der Waals surface area contributed by atoms with Crippen LogP contribution in [0.3, 0.4) is 0 Å². The number of thiophene rings is 1. The van der Waals surface area contributed by atoms with Gasteiger partial charge in [-0.05, 0) is 42.1 Å². The second kappa shape index (κ2) is 7.19. The molecule has 0 saturated heterocycles. The Morgan fingerprint density at radius 2 is 2.09 bits per heavy atom. The topological polar surface area (TPSA) is 29.1 Å². The number of alkyl halides is 3. The van der Waals surface area contributed by atoms with Crippen molar-refractivity contribution in [2.24, 2.45) is 0 Å². The van der Waals surface area contributed by atoms with Crippen molar-refractivity contribution < 1.29 is 18.0 Å². The van der Waals surface area contributed by atoms with E-state index in [4.69, 9.17) is 0 Å². The van der Waals surface area contributed by atoms with Gasteiger partial charge in [-0.2, -0.15) is 13.2 Å². The van der Waals surface area contributed by atoms with Gasteiger partial charge in [-0.3, -0.25) is 4.79 Å². The zero-order valence-corrected chi connectivity index (χ0v) is 13.4. The molecule has 2 aromatic rings. The van der Waals surface area contributed by atoms with E-state index in [1.165, 1.54) is 6.07 Å². The molecular weight excluding hydrogens is 331 g/mol. The molecule has 0 fully saturated rings. The molecule has 0 unspecified atom stereocenters. The fourth-order valence-electron chi connectivity index (χ4n) is 1.73. The molecule has 0 atom stereocenters. The highest BCUT2D eigenvalue weighted by atomic mass is 32.2. The zero-order valence-electron chi connectivity index (χ0n) is 11.7. The van der Waals surface area contributed by atoms with Crippen molar-refractivity contribution in [2.45, 2.75) is 24.5 Å². The van der Waals surface area contributed by atoms with E-state index in [9.17, 15) is 18.0 Å². The van der Waals surface area contributed by atoms with Crippen molar-refractivity contribution in [3.63, 3.8) is 0 Å². The Hall–Kier alpha value is -1.47. The third kappa shape index (κ3) is 4.78. The van der Waals surface area contributed by atoms with Crippen LogP contribution in [-0.4, -0.2) is 11.7 Å². The molecule has 2 rings (SSSR count). The van der Waals surface area contributed by atoms with Crippen LogP contribution in [0.15, 0.2) is 40.6 Å². The maximum atomic E-state index is 12.6. The minimum Gasteiger partial charge on any atom is -0.350 e. The lowest BCUT2D eigenvalue weighted by Gasteiger charge is -2.08. The smallest absolute Gasteiger partial charge is 0.350 e. The highest BCUT2D eigenvalue weighted by molar-refractivity contribution is 8.00. The summed E-state index contributed by atoms with van der Waals surface area (Å²) in [7, 11) is 0. The van der Waals surface area contributed by atoms with Gasteiger partial charge in [0.25, 0.3) is 0 Å². The number of hydrogen-bond donors (Lipinski definition) is 1. The molecule has 2 nitrogen and oxygen atoms in total. The van der Waals surface area contributed by atoms with Crippen LogP contribution in [0.2, 0.25) is 0 Å². The first-order valence-corrected chi connectivity index (χ1v) is 8.32. The predicted molar refractivity (Wildman–Crippen MR) is 83.1 cm³/mol. The molecule has 0 aliphatic carbocycles. The first kappa shape index (κ1) is 16.9. The molecule has 0 saturated carbocycles. The summed E-state index contributed by atoms with van der Waals surface area (Å²) < 4.78 is 37.8. The Labute approximate surface area is 134 Å². The maximum Gasteiger partial charge on any atom is 0.416 e. The molecule has 1 aromatic carbocycles. The van der Waals surface area contributed by atoms with Crippen molar-refractivity contribution in [1.29, 1.82) is 0 Å². The number of thioether (sulfide) groups is 1. The van der Waals surface area contributed by atoms with Crippen LogP contribution in [0, 0.1) is 6.92 Å². The van der Waals surface area contributed by atoms with E-state index in [1.807, 2.05) is 18.4 Å². The highest BCUT2D eigenvalue weighted by Gasteiger charge is 2.30. The lowest BCUT2D eigenvalue weighted by Crippen LogP contribution is -2.24. The molecule has 7 heteroatoms. The second-order valence-corrected chi connectivity index (χ2v) is 6.67. The van der Waals surface area contributed by atoms with Crippen LogP contribution in [0.25, 0.3) is 0 Å². The average molecular weight is 345 g/mol. The summed E-state index contributed by atoms with van der Waals surface area (Å²) in [6.07, 6.45) is -4.37. The first-order chi connectivity index (χ1) is 10.4. The summed E-state index contributed by atoms with van der Waals surface area (Å²) in [6, 6.07) is 6.96. The van der Waals surface area contributed by atoms with E-state index < -0.39 is 11.7 Å². The van der Waals surface area contributed by atoms with Crippen LogP contribution in [-0.2, 0) is 17.5 Å². The molecule has 1 heterocycles. The van der Waals surface area contributed by atoms with Crippen molar-refractivity contribution in [3.8, 4) is 0 Å². The molecule has 1 aromatic heterocycles. The third-order valence-corrected chi connectivity index (χ3v) is 4.96. The quantitative estimate of drug-likeness (QED) is 0.810. The number of halogens is 3. The molecule has 0 aliphatic heterocycles. The van der Waals surface area contributed by atoms with E-state index in [0.717, 1.165) is 34.3 Å². The van der Waals surface area contributed by atoms with Gasteiger partial charge in [0.05, 0.1) is 17.9 Å². The van der Waals surface area contributed by atoms with Gasteiger partial charge in [-0.15, -0.1) is 23.1 Å². The molecule has 0 spiro atoms. The Balaban J connectivity index is 1.85. The van der Waals surface area contributed by atoms with Gasteiger partial charge in [0.15, 0.2) is 0 Å². The number of amides is 1. The number of hydrogen-bond acceptors (Lipinski definition) is 3. The number of rotatable bonds is 5. The second-order valence-electron chi connectivity index (χ2n) is 4.62. The van der Waals surface area contributed by atoms with Gasteiger partial charge in [-0.1, -0.05) is 6.07 Å². The minimum absolute atomic E-state index is 0.0890. The van der Waals surface area contributed by atoms with E-state index in [2.05, 4.69) is 5.32 Å². The van der Waals surface area contributed by atoms with E-state index >= 15 is 0 Å². The molecule has 118 valence electrons. The Morgan fingerprint density at radius 3 is 2.73 bits per heavy atom. The van der Waals surface area contributed by atoms with Gasteiger partial charge >= 0.3 is 6.18 Å². The molecule has 0 radical (unpaired) electrons. The molecule has 1 N–H and O–H groups in total. The van der Waals surface area contributed by atoms with Crippen LogP contribution >= 0.6 is 23.1 Å². The Bertz CT molecular complexity index is 652. The Morgan fingerprint density at radius 1 is 1.32 bits per heavy atom. The standard InChI is InChI=1S/C15H14F3NOS2/c1-10-5-6-21-13(10)8-19-14(20)9-22-12-4-2-3-11(7-12)15(16,17)18/h2-7H,8-9H2,1H3,(H,19,20). The molecule has 0 bridgehead atoms. The zero-order chi connectivity index (χ0) is 16.2.